The number of carbonyl (C=O) groups excluding carboxylic acids is 2. The molecule has 0 saturated heterocycles. The van der Waals surface area contributed by atoms with Crippen LogP contribution in [-0.2, 0) is 4.79 Å². The molecule has 0 spiro atoms. The Kier molecular flexibility index (Phi) is 5.56. The third-order valence-corrected chi connectivity index (χ3v) is 2.10. The normalized spacial score (nSPS) is 9.67. The van der Waals surface area contributed by atoms with Gasteiger partial charge in [0.2, 0.25) is 5.91 Å². The van der Waals surface area contributed by atoms with Crippen molar-refractivity contribution < 1.29 is 9.59 Å². The van der Waals surface area contributed by atoms with Crippen molar-refractivity contribution in [3.63, 3.8) is 0 Å². The standard InChI is InChI=1S/C11H17N5O2/c1-3-4-14-10(17)7-15-11(18)8-5-13-6-9(12-2)16-8/h5-6H,3-4,7H2,1-2H3,(H,12,16)(H,14,17)(H,15,18). The number of hydrogen-bond donors (Lipinski definition) is 3. The summed E-state index contributed by atoms with van der Waals surface area (Å²) in [5.74, 6) is -0.146. The molecule has 0 aromatic carbocycles. The van der Waals surface area contributed by atoms with Crippen LogP contribution in [0.15, 0.2) is 12.4 Å². The van der Waals surface area contributed by atoms with Crippen molar-refractivity contribution in [1.29, 1.82) is 0 Å². The summed E-state index contributed by atoms with van der Waals surface area (Å²) >= 11 is 0. The van der Waals surface area contributed by atoms with Gasteiger partial charge in [0.15, 0.2) is 0 Å². The Labute approximate surface area is 105 Å². The number of nitrogens with one attached hydrogen (secondary N) is 3. The fraction of sp³-hybridized carbons (Fsp3) is 0.455. The summed E-state index contributed by atoms with van der Waals surface area (Å²) in [5, 5.41) is 7.92. The summed E-state index contributed by atoms with van der Waals surface area (Å²) in [4.78, 5) is 30.8. The molecule has 0 aliphatic carbocycles. The first kappa shape index (κ1) is 13.9. The Hall–Kier alpha value is -2.18. The van der Waals surface area contributed by atoms with E-state index in [1.807, 2.05) is 6.92 Å². The lowest BCUT2D eigenvalue weighted by molar-refractivity contribution is -0.120. The van der Waals surface area contributed by atoms with Crippen LogP contribution in [0.25, 0.3) is 0 Å². The predicted molar refractivity (Wildman–Crippen MR) is 67.2 cm³/mol. The van der Waals surface area contributed by atoms with Gasteiger partial charge in [-0.1, -0.05) is 6.92 Å². The van der Waals surface area contributed by atoms with Gasteiger partial charge in [0.1, 0.15) is 11.5 Å². The maximum absolute atomic E-state index is 11.7. The monoisotopic (exact) mass is 251 g/mol. The zero-order chi connectivity index (χ0) is 13.4. The molecule has 1 aromatic rings. The van der Waals surface area contributed by atoms with Crippen LogP contribution in [0.4, 0.5) is 5.82 Å². The minimum absolute atomic E-state index is 0.0652. The van der Waals surface area contributed by atoms with Crippen LogP contribution in [0.2, 0.25) is 0 Å². The Balaban J connectivity index is 2.47. The summed E-state index contributed by atoms with van der Waals surface area (Å²) in [6.07, 6.45) is 3.71. The van der Waals surface area contributed by atoms with Crippen molar-refractivity contribution in [2.45, 2.75) is 13.3 Å². The molecule has 1 rings (SSSR count). The highest BCUT2D eigenvalue weighted by atomic mass is 16.2. The minimum atomic E-state index is -0.425. The molecular formula is C11H17N5O2. The van der Waals surface area contributed by atoms with Gasteiger partial charge in [0, 0.05) is 13.6 Å². The number of aromatic nitrogens is 2. The smallest absolute Gasteiger partial charge is 0.272 e. The molecule has 98 valence electrons. The fourth-order valence-electron chi connectivity index (χ4n) is 1.17. The molecule has 0 radical (unpaired) electrons. The largest absolute Gasteiger partial charge is 0.372 e. The van der Waals surface area contributed by atoms with E-state index < -0.39 is 5.91 Å². The molecule has 0 aliphatic rings. The fourth-order valence-corrected chi connectivity index (χ4v) is 1.17. The number of nitrogens with zero attached hydrogens (tertiary/aromatic N) is 2. The molecule has 3 N–H and O–H groups in total. The molecule has 0 saturated carbocycles. The first-order valence-electron chi connectivity index (χ1n) is 5.72. The number of anilines is 1. The quantitative estimate of drug-likeness (QED) is 0.649. The van der Waals surface area contributed by atoms with Crippen molar-refractivity contribution in [2.75, 3.05) is 25.5 Å². The van der Waals surface area contributed by atoms with E-state index >= 15 is 0 Å². The third kappa shape index (κ3) is 4.36. The van der Waals surface area contributed by atoms with Gasteiger partial charge in [-0.3, -0.25) is 14.6 Å². The van der Waals surface area contributed by atoms with Crippen molar-refractivity contribution in [2.24, 2.45) is 0 Å². The predicted octanol–water partition coefficient (Wildman–Crippen LogP) is -0.226. The number of rotatable bonds is 6. The van der Waals surface area contributed by atoms with E-state index in [1.54, 1.807) is 7.05 Å². The molecule has 0 fully saturated rings. The van der Waals surface area contributed by atoms with Gasteiger partial charge >= 0.3 is 0 Å². The van der Waals surface area contributed by atoms with E-state index in [2.05, 4.69) is 25.9 Å². The van der Waals surface area contributed by atoms with Crippen molar-refractivity contribution in [3.8, 4) is 0 Å². The maximum Gasteiger partial charge on any atom is 0.272 e. The summed E-state index contributed by atoms with van der Waals surface area (Å²) in [6.45, 7) is 2.49. The molecule has 0 aliphatic heterocycles. The molecule has 18 heavy (non-hydrogen) atoms. The lowest BCUT2D eigenvalue weighted by Gasteiger charge is -2.06. The van der Waals surface area contributed by atoms with Gasteiger partial charge < -0.3 is 16.0 Å². The van der Waals surface area contributed by atoms with Crippen molar-refractivity contribution in [3.05, 3.63) is 18.1 Å². The molecule has 1 heterocycles. The molecule has 0 unspecified atom stereocenters. The van der Waals surface area contributed by atoms with Gasteiger partial charge in [-0.05, 0) is 6.42 Å². The SMILES string of the molecule is CCCNC(=O)CNC(=O)c1cncc(NC)n1. The zero-order valence-electron chi connectivity index (χ0n) is 10.5. The number of amides is 2. The third-order valence-electron chi connectivity index (χ3n) is 2.10. The first-order valence-corrected chi connectivity index (χ1v) is 5.72. The van der Waals surface area contributed by atoms with E-state index in [-0.39, 0.29) is 18.1 Å². The summed E-state index contributed by atoms with van der Waals surface area (Å²) in [5.41, 5.74) is 0.171. The van der Waals surface area contributed by atoms with E-state index in [0.29, 0.717) is 12.4 Å². The van der Waals surface area contributed by atoms with Gasteiger partial charge in [-0.2, -0.15) is 0 Å². The van der Waals surface area contributed by atoms with Crippen LogP contribution >= 0.6 is 0 Å². The number of hydrogen-bond acceptors (Lipinski definition) is 5. The maximum atomic E-state index is 11.7. The average molecular weight is 251 g/mol. The van der Waals surface area contributed by atoms with E-state index in [0.717, 1.165) is 6.42 Å². The van der Waals surface area contributed by atoms with Crippen LogP contribution in [0.1, 0.15) is 23.8 Å². The highest BCUT2D eigenvalue weighted by molar-refractivity contribution is 5.94. The average Bonchev–Trinajstić information content (AvgIpc) is 2.42. The van der Waals surface area contributed by atoms with E-state index in [1.165, 1.54) is 12.4 Å². The second kappa shape index (κ2) is 7.21. The summed E-state index contributed by atoms with van der Waals surface area (Å²) in [7, 11) is 1.68. The van der Waals surface area contributed by atoms with Crippen LogP contribution in [0.5, 0.6) is 0 Å². The molecule has 1 aromatic heterocycles. The van der Waals surface area contributed by atoms with Gasteiger partial charge in [-0.15, -0.1) is 0 Å². The van der Waals surface area contributed by atoms with Crippen LogP contribution in [-0.4, -0.2) is 41.9 Å². The second-order valence-electron chi connectivity index (χ2n) is 3.57. The van der Waals surface area contributed by atoms with Crippen LogP contribution in [0, 0.1) is 0 Å². The van der Waals surface area contributed by atoms with Crippen LogP contribution < -0.4 is 16.0 Å². The molecule has 7 heteroatoms. The first-order chi connectivity index (χ1) is 8.67. The summed E-state index contributed by atoms with van der Waals surface area (Å²) in [6, 6.07) is 0. The lowest BCUT2D eigenvalue weighted by atomic mass is 10.4. The highest BCUT2D eigenvalue weighted by Crippen LogP contribution is 2.00. The Morgan fingerprint density at radius 1 is 1.28 bits per heavy atom. The van der Waals surface area contributed by atoms with Crippen molar-refractivity contribution in [1.82, 2.24) is 20.6 Å². The number of carbonyl (C=O) groups is 2. The topological polar surface area (TPSA) is 96.0 Å². The Morgan fingerprint density at radius 3 is 2.72 bits per heavy atom. The van der Waals surface area contributed by atoms with E-state index in [4.69, 9.17) is 0 Å². The molecule has 2 amide bonds. The second-order valence-corrected chi connectivity index (χ2v) is 3.57. The van der Waals surface area contributed by atoms with Gasteiger partial charge in [0.25, 0.3) is 5.91 Å². The van der Waals surface area contributed by atoms with Gasteiger partial charge in [-0.25, -0.2) is 4.98 Å². The van der Waals surface area contributed by atoms with Crippen LogP contribution in [0.3, 0.4) is 0 Å². The van der Waals surface area contributed by atoms with Gasteiger partial charge in [0.05, 0.1) is 18.9 Å². The Morgan fingerprint density at radius 2 is 2.06 bits per heavy atom. The van der Waals surface area contributed by atoms with E-state index in [9.17, 15) is 9.59 Å². The zero-order valence-corrected chi connectivity index (χ0v) is 10.5. The molecule has 0 atom stereocenters. The Bertz CT molecular complexity index is 422. The highest BCUT2D eigenvalue weighted by Gasteiger charge is 2.09. The summed E-state index contributed by atoms with van der Waals surface area (Å²) < 4.78 is 0. The van der Waals surface area contributed by atoms with Crippen molar-refractivity contribution >= 4 is 17.6 Å². The molecule has 0 bridgehead atoms. The minimum Gasteiger partial charge on any atom is -0.372 e. The molecular weight excluding hydrogens is 234 g/mol. The lowest BCUT2D eigenvalue weighted by Crippen LogP contribution is -2.37. The molecule has 7 nitrogen and oxygen atoms in total.